The molecule has 0 aliphatic rings. The monoisotopic (exact) mass is 295 g/mol. The van der Waals surface area contributed by atoms with Gasteiger partial charge in [0.05, 0.1) is 5.52 Å². The van der Waals surface area contributed by atoms with Crippen LogP contribution in [0.5, 0.6) is 0 Å². The van der Waals surface area contributed by atoms with Crippen LogP contribution in [0, 0.1) is 11.6 Å². The van der Waals surface area contributed by atoms with Crippen LogP contribution in [0.1, 0.15) is 36.5 Å². The predicted octanol–water partition coefficient (Wildman–Crippen LogP) is 3.17. The van der Waals surface area contributed by atoms with Gasteiger partial charge < -0.3 is 9.67 Å². The summed E-state index contributed by atoms with van der Waals surface area (Å²) in [6.07, 6.45) is 3.83. The topological polar surface area (TPSA) is 59.3 Å². The van der Waals surface area contributed by atoms with Gasteiger partial charge in [0.25, 0.3) is 0 Å². The van der Waals surface area contributed by atoms with Gasteiger partial charge in [-0.25, -0.2) is 13.6 Å². The van der Waals surface area contributed by atoms with Crippen LogP contribution < -0.4 is 5.43 Å². The van der Waals surface area contributed by atoms with Crippen molar-refractivity contribution in [3.05, 3.63) is 45.8 Å². The predicted molar refractivity (Wildman–Crippen MR) is 74.6 cm³/mol. The fourth-order valence-corrected chi connectivity index (χ4v) is 2.25. The maximum Gasteiger partial charge on any atom is 0.341 e. The number of carboxylic acids is 1. The lowest BCUT2D eigenvalue weighted by Gasteiger charge is -2.12. The van der Waals surface area contributed by atoms with E-state index in [9.17, 15) is 18.4 Å². The Labute approximate surface area is 119 Å². The Morgan fingerprint density at radius 1 is 1.24 bits per heavy atom. The molecule has 0 saturated carbocycles. The SMILES string of the molecule is CCCCCn1cc(C(=O)O)c(=O)c2cc(F)c(F)cc21. The molecule has 0 aliphatic heterocycles. The van der Waals surface area contributed by atoms with E-state index in [-0.39, 0.29) is 10.9 Å². The van der Waals surface area contributed by atoms with E-state index in [0.29, 0.717) is 6.54 Å². The summed E-state index contributed by atoms with van der Waals surface area (Å²) < 4.78 is 28.2. The fourth-order valence-electron chi connectivity index (χ4n) is 2.25. The first-order chi connectivity index (χ1) is 9.95. The minimum absolute atomic E-state index is 0.120. The van der Waals surface area contributed by atoms with E-state index < -0.39 is 28.6 Å². The third kappa shape index (κ3) is 2.94. The summed E-state index contributed by atoms with van der Waals surface area (Å²) in [5, 5.41) is 8.94. The number of aryl methyl sites for hydroxylation is 1. The summed E-state index contributed by atoms with van der Waals surface area (Å²) in [6.45, 7) is 2.46. The van der Waals surface area contributed by atoms with Gasteiger partial charge in [-0.2, -0.15) is 0 Å². The van der Waals surface area contributed by atoms with Gasteiger partial charge in [0, 0.05) is 24.2 Å². The molecule has 0 atom stereocenters. The van der Waals surface area contributed by atoms with Gasteiger partial charge in [0.1, 0.15) is 5.56 Å². The highest BCUT2D eigenvalue weighted by Crippen LogP contribution is 2.18. The molecule has 112 valence electrons. The van der Waals surface area contributed by atoms with Gasteiger partial charge in [-0.1, -0.05) is 19.8 Å². The van der Waals surface area contributed by atoms with E-state index >= 15 is 0 Å². The van der Waals surface area contributed by atoms with Crippen molar-refractivity contribution in [3.8, 4) is 0 Å². The Hall–Kier alpha value is -2.24. The molecule has 2 aromatic rings. The lowest BCUT2D eigenvalue weighted by molar-refractivity contribution is 0.0695. The first-order valence-electron chi connectivity index (χ1n) is 6.71. The highest BCUT2D eigenvalue weighted by molar-refractivity contribution is 5.92. The van der Waals surface area contributed by atoms with Crippen molar-refractivity contribution in [2.75, 3.05) is 0 Å². The molecule has 2 rings (SSSR count). The molecular formula is C15H15F2NO3. The van der Waals surface area contributed by atoms with E-state index in [1.54, 1.807) is 0 Å². The van der Waals surface area contributed by atoms with Crippen molar-refractivity contribution >= 4 is 16.9 Å². The lowest BCUT2D eigenvalue weighted by atomic mass is 10.1. The molecule has 0 aliphatic carbocycles. The maximum absolute atomic E-state index is 13.4. The minimum Gasteiger partial charge on any atom is -0.477 e. The number of hydrogen-bond donors (Lipinski definition) is 1. The number of nitrogens with zero attached hydrogens (tertiary/aromatic N) is 1. The average Bonchev–Trinajstić information content (AvgIpc) is 2.43. The van der Waals surface area contributed by atoms with Crippen LogP contribution in [-0.4, -0.2) is 15.6 Å². The number of unbranched alkanes of at least 4 members (excludes halogenated alkanes) is 2. The number of rotatable bonds is 5. The van der Waals surface area contributed by atoms with Gasteiger partial charge in [-0.3, -0.25) is 4.79 Å². The van der Waals surface area contributed by atoms with E-state index in [1.165, 1.54) is 10.8 Å². The van der Waals surface area contributed by atoms with Gasteiger partial charge in [-0.15, -0.1) is 0 Å². The second-order valence-electron chi connectivity index (χ2n) is 4.86. The molecule has 6 heteroatoms. The fraction of sp³-hybridized carbons (Fsp3) is 0.333. The number of aromatic carboxylic acids is 1. The number of halogens is 2. The summed E-state index contributed by atoms with van der Waals surface area (Å²) >= 11 is 0. The van der Waals surface area contributed by atoms with Gasteiger partial charge in [0.2, 0.25) is 5.43 Å². The number of pyridine rings is 1. The van der Waals surface area contributed by atoms with Crippen molar-refractivity contribution in [3.63, 3.8) is 0 Å². The van der Waals surface area contributed by atoms with Gasteiger partial charge >= 0.3 is 5.97 Å². The van der Waals surface area contributed by atoms with Crippen LogP contribution >= 0.6 is 0 Å². The smallest absolute Gasteiger partial charge is 0.341 e. The zero-order chi connectivity index (χ0) is 15.6. The molecule has 21 heavy (non-hydrogen) atoms. The molecule has 1 aromatic heterocycles. The van der Waals surface area contributed by atoms with E-state index in [4.69, 9.17) is 5.11 Å². The van der Waals surface area contributed by atoms with Crippen molar-refractivity contribution < 1.29 is 18.7 Å². The lowest BCUT2D eigenvalue weighted by Crippen LogP contribution is -2.19. The molecule has 0 unspecified atom stereocenters. The van der Waals surface area contributed by atoms with E-state index in [0.717, 1.165) is 31.4 Å². The Balaban J connectivity index is 2.69. The molecule has 0 bridgehead atoms. The maximum atomic E-state index is 13.4. The average molecular weight is 295 g/mol. The van der Waals surface area contributed by atoms with Crippen LogP contribution in [0.2, 0.25) is 0 Å². The van der Waals surface area contributed by atoms with E-state index in [1.807, 2.05) is 6.92 Å². The van der Waals surface area contributed by atoms with Crippen LogP contribution in [0.25, 0.3) is 10.9 Å². The van der Waals surface area contributed by atoms with Gasteiger partial charge in [-0.05, 0) is 12.5 Å². The van der Waals surface area contributed by atoms with Crippen molar-refractivity contribution in [2.45, 2.75) is 32.7 Å². The minimum atomic E-state index is -1.38. The highest BCUT2D eigenvalue weighted by Gasteiger charge is 2.16. The third-order valence-corrected chi connectivity index (χ3v) is 3.36. The Morgan fingerprint density at radius 3 is 2.52 bits per heavy atom. The molecule has 0 fully saturated rings. The van der Waals surface area contributed by atoms with Crippen LogP contribution in [-0.2, 0) is 6.54 Å². The number of carboxylic acid groups (broad SMARTS) is 1. The number of carbonyl (C=O) groups is 1. The Bertz CT molecular complexity index is 753. The standard InChI is InChI=1S/C15H15F2NO3/c1-2-3-4-5-18-8-10(15(20)21)14(19)9-6-11(16)12(17)7-13(9)18/h6-8H,2-5H2,1H3,(H,20,21). The zero-order valence-electron chi connectivity index (χ0n) is 11.5. The zero-order valence-corrected chi connectivity index (χ0v) is 11.5. The number of hydrogen-bond acceptors (Lipinski definition) is 2. The third-order valence-electron chi connectivity index (χ3n) is 3.36. The summed E-state index contributed by atoms with van der Waals surface area (Å²) in [5.41, 5.74) is -1.03. The quantitative estimate of drug-likeness (QED) is 0.862. The van der Waals surface area contributed by atoms with E-state index in [2.05, 4.69) is 0 Å². The van der Waals surface area contributed by atoms with Gasteiger partial charge in [0.15, 0.2) is 11.6 Å². The van der Waals surface area contributed by atoms with Crippen LogP contribution in [0.15, 0.2) is 23.1 Å². The largest absolute Gasteiger partial charge is 0.477 e. The summed E-state index contributed by atoms with van der Waals surface area (Å²) in [6, 6.07) is 1.69. The number of fused-ring (bicyclic) bond motifs is 1. The normalized spacial score (nSPS) is 11.0. The number of aromatic nitrogens is 1. The van der Waals surface area contributed by atoms with Crippen molar-refractivity contribution in [1.82, 2.24) is 4.57 Å². The second kappa shape index (κ2) is 6.03. The summed E-state index contributed by atoms with van der Waals surface area (Å²) in [4.78, 5) is 23.2. The molecule has 0 radical (unpaired) electrons. The molecule has 1 aromatic carbocycles. The Kier molecular flexibility index (Phi) is 4.35. The Morgan fingerprint density at radius 2 is 1.90 bits per heavy atom. The first kappa shape index (κ1) is 15.2. The molecular weight excluding hydrogens is 280 g/mol. The molecule has 4 nitrogen and oxygen atoms in total. The summed E-state index contributed by atoms with van der Waals surface area (Å²) in [7, 11) is 0. The van der Waals surface area contributed by atoms with Crippen molar-refractivity contribution in [1.29, 1.82) is 0 Å². The highest BCUT2D eigenvalue weighted by atomic mass is 19.2. The summed E-state index contributed by atoms with van der Waals surface area (Å²) in [5.74, 6) is -3.60. The first-order valence-corrected chi connectivity index (χ1v) is 6.71. The molecule has 0 amide bonds. The molecule has 0 saturated heterocycles. The van der Waals surface area contributed by atoms with Crippen LogP contribution in [0.4, 0.5) is 8.78 Å². The van der Waals surface area contributed by atoms with Crippen LogP contribution in [0.3, 0.4) is 0 Å². The second-order valence-corrected chi connectivity index (χ2v) is 4.86. The molecule has 1 heterocycles. The molecule has 1 N–H and O–H groups in total. The van der Waals surface area contributed by atoms with Crippen molar-refractivity contribution in [2.24, 2.45) is 0 Å². The number of benzene rings is 1. The molecule has 0 spiro atoms.